The first kappa shape index (κ1) is 23.2. The normalized spacial score (nSPS) is 27.1. The third-order valence-corrected chi connectivity index (χ3v) is 6.61. The molecule has 3 N–H and O–H groups in total. The van der Waals surface area contributed by atoms with Gasteiger partial charge in [0.05, 0.1) is 12.2 Å². The summed E-state index contributed by atoms with van der Waals surface area (Å²) in [5, 5.41) is 24.6. The number of nitrogens with one attached hydrogen (secondary N) is 1. The van der Waals surface area contributed by atoms with Crippen molar-refractivity contribution in [3.63, 3.8) is 0 Å². The lowest BCUT2D eigenvalue weighted by molar-refractivity contribution is 0.140. The molecule has 30 heavy (non-hydrogen) atoms. The molecule has 166 valence electrons. The van der Waals surface area contributed by atoms with E-state index in [0.717, 1.165) is 44.5 Å². The zero-order chi connectivity index (χ0) is 21.5. The van der Waals surface area contributed by atoms with Gasteiger partial charge in [-0.2, -0.15) is 0 Å². The molecule has 0 aliphatic heterocycles. The second kappa shape index (κ2) is 11.2. The Balaban J connectivity index is 1.44. The van der Waals surface area contributed by atoms with E-state index in [2.05, 4.69) is 61.6 Å². The van der Waals surface area contributed by atoms with Crippen molar-refractivity contribution in [2.45, 2.75) is 51.2 Å². The minimum absolute atomic E-state index is 0.156. The second-order valence-electron chi connectivity index (χ2n) is 9.54. The fraction of sp³-hybridized carbons (Fsp3) is 0.615. The summed E-state index contributed by atoms with van der Waals surface area (Å²) in [7, 11) is 4.23. The van der Waals surface area contributed by atoms with Crippen molar-refractivity contribution >= 4 is 0 Å². The van der Waals surface area contributed by atoms with Gasteiger partial charge in [-0.1, -0.05) is 53.6 Å². The molecule has 2 aliphatic rings. The van der Waals surface area contributed by atoms with E-state index < -0.39 is 6.10 Å². The Kier molecular flexibility index (Phi) is 8.70. The molecule has 0 spiro atoms. The average Bonchev–Trinajstić information content (AvgIpc) is 3.19. The van der Waals surface area contributed by atoms with Gasteiger partial charge in [-0.05, 0) is 83.7 Å². The van der Waals surface area contributed by atoms with Crippen molar-refractivity contribution in [2.24, 2.45) is 17.8 Å². The van der Waals surface area contributed by atoms with Crippen molar-refractivity contribution < 1.29 is 10.2 Å². The molecule has 0 amide bonds. The summed E-state index contributed by atoms with van der Waals surface area (Å²) in [6.45, 7) is 5.31. The molecule has 1 saturated carbocycles. The van der Waals surface area contributed by atoms with Crippen LogP contribution < -0.4 is 5.32 Å². The maximum absolute atomic E-state index is 10.6. The summed E-state index contributed by atoms with van der Waals surface area (Å²) in [5.41, 5.74) is 3.91. The third-order valence-electron chi connectivity index (χ3n) is 6.61. The van der Waals surface area contributed by atoms with Gasteiger partial charge in [-0.15, -0.1) is 0 Å². The molecule has 0 aromatic heterocycles. The second-order valence-corrected chi connectivity index (χ2v) is 9.54. The Morgan fingerprint density at radius 3 is 2.87 bits per heavy atom. The predicted octanol–water partition coefficient (Wildman–Crippen LogP) is 3.33. The number of nitrogens with zero attached hydrogens (tertiary/aromatic N) is 1. The summed E-state index contributed by atoms with van der Waals surface area (Å²) in [4.78, 5) is 2.22. The van der Waals surface area contributed by atoms with E-state index in [9.17, 15) is 10.2 Å². The predicted molar refractivity (Wildman–Crippen MR) is 124 cm³/mol. The van der Waals surface area contributed by atoms with Crippen LogP contribution in [-0.2, 0) is 6.42 Å². The zero-order valence-electron chi connectivity index (χ0n) is 18.9. The highest BCUT2D eigenvalue weighted by Crippen LogP contribution is 2.47. The molecule has 3 rings (SSSR count). The van der Waals surface area contributed by atoms with Crippen molar-refractivity contribution in [3.8, 4) is 0 Å². The highest BCUT2D eigenvalue weighted by Gasteiger charge is 2.43. The van der Waals surface area contributed by atoms with Gasteiger partial charge in [0.25, 0.3) is 0 Å². The largest absolute Gasteiger partial charge is 0.392 e. The number of fused-ring (bicyclic) bond motifs is 1. The van der Waals surface area contributed by atoms with Crippen LogP contribution in [0.1, 0.15) is 36.8 Å². The lowest BCUT2D eigenvalue weighted by Gasteiger charge is -2.19. The smallest absolute Gasteiger partial charge is 0.0761 e. The van der Waals surface area contributed by atoms with Gasteiger partial charge < -0.3 is 20.4 Å². The number of aryl methyl sites for hydroxylation is 1. The van der Waals surface area contributed by atoms with Crippen molar-refractivity contribution in [1.29, 1.82) is 0 Å². The maximum atomic E-state index is 10.6. The molecular formula is C26H40N2O2. The molecule has 2 aliphatic carbocycles. The first-order chi connectivity index (χ1) is 14.4. The number of benzene rings is 1. The SMILES string of the molecule is Cc1cccc(C[C@@H](O)C=C[C@@H]2[C@H]3CC(CCNCCCN(C)C)=C[C@H]3C[C@H]2O)c1. The topological polar surface area (TPSA) is 55.7 Å². The first-order valence-electron chi connectivity index (χ1n) is 11.6. The number of hydrogen-bond acceptors (Lipinski definition) is 4. The summed E-state index contributed by atoms with van der Waals surface area (Å²) in [6.07, 6.45) is 10.5. The van der Waals surface area contributed by atoms with Crippen molar-refractivity contribution in [2.75, 3.05) is 33.7 Å². The number of rotatable bonds is 11. The van der Waals surface area contributed by atoms with Gasteiger partial charge in [0.2, 0.25) is 0 Å². The van der Waals surface area contributed by atoms with E-state index in [1.54, 1.807) is 0 Å². The lowest BCUT2D eigenvalue weighted by Crippen LogP contribution is -2.22. The van der Waals surface area contributed by atoms with Crippen LogP contribution in [0.5, 0.6) is 0 Å². The number of aliphatic hydroxyl groups is 2. The van der Waals surface area contributed by atoms with Gasteiger partial charge in [-0.3, -0.25) is 0 Å². The number of hydrogen-bond donors (Lipinski definition) is 3. The minimum atomic E-state index is -0.502. The monoisotopic (exact) mass is 412 g/mol. The van der Waals surface area contributed by atoms with E-state index in [4.69, 9.17) is 0 Å². The van der Waals surface area contributed by atoms with E-state index in [1.165, 1.54) is 17.6 Å². The molecule has 0 heterocycles. The Morgan fingerprint density at radius 2 is 2.10 bits per heavy atom. The number of aliphatic hydroxyl groups excluding tert-OH is 2. The molecule has 1 aromatic carbocycles. The quantitative estimate of drug-likeness (QED) is 0.385. The minimum Gasteiger partial charge on any atom is -0.392 e. The Hall–Kier alpha value is -1.46. The van der Waals surface area contributed by atoms with Crippen LogP contribution in [0.2, 0.25) is 0 Å². The van der Waals surface area contributed by atoms with Crippen LogP contribution in [-0.4, -0.2) is 61.1 Å². The summed E-state index contributed by atoms with van der Waals surface area (Å²) >= 11 is 0. The fourth-order valence-electron chi connectivity index (χ4n) is 5.09. The maximum Gasteiger partial charge on any atom is 0.0761 e. The van der Waals surface area contributed by atoms with Gasteiger partial charge in [0, 0.05) is 12.3 Å². The Labute approximate surface area is 182 Å². The molecule has 4 heteroatoms. The molecule has 0 radical (unpaired) electrons. The van der Waals surface area contributed by atoms with Gasteiger partial charge in [0.15, 0.2) is 0 Å². The molecule has 5 atom stereocenters. The molecule has 1 aromatic rings. The number of allylic oxidation sites excluding steroid dienone is 1. The molecule has 0 bridgehead atoms. The van der Waals surface area contributed by atoms with Crippen LogP contribution in [0.4, 0.5) is 0 Å². The molecule has 4 nitrogen and oxygen atoms in total. The molecular weight excluding hydrogens is 372 g/mol. The van der Waals surface area contributed by atoms with E-state index >= 15 is 0 Å². The van der Waals surface area contributed by atoms with Crippen molar-refractivity contribution in [3.05, 3.63) is 59.2 Å². The first-order valence-corrected chi connectivity index (χ1v) is 11.6. The van der Waals surface area contributed by atoms with E-state index in [1.807, 2.05) is 12.1 Å². The lowest BCUT2D eigenvalue weighted by atomic mass is 9.88. The summed E-state index contributed by atoms with van der Waals surface area (Å²) in [6, 6.07) is 8.30. The standard InChI is InChI=1S/C26H40N2O2/c1-19-6-4-7-20(14-19)16-23(29)8-9-24-25-17-21(15-22(25)18-26(24)30)10-12-27-11-5-13-28(2)3/h4,6-9,14-15,22-27,29-30H,5,10-13,16-18H2,1-3H3/t22-,23-,24+,25-,26+/m0/s1. The molecule has 0 saturated heterocycles. The third kappa shape index (κ3) is 6.78. The zero-order valence-corrected chi connectivity index (χ0v) is 18.9. The Morgan fingerprint density at radius 1 is 1.27 bits per heavy atom. The van der Waals surface area contributed by atoms with Crippen LogP contribution in [0.25, 0.3) is 0 Å². The van der Waals surface area contributed by atoms with Crippen LogP contribution in [0, 0.1) is 24.7 Å². The highest BCUT2D eigenvalue weighted by atomic mass is 16.3. The van der Waals surface area contributed by atoms with Crippen LogP contribution >= 0.6 is 0 Å². The molecule has 1 fully saturated rings. The summed E-state index contributed by atoms with van der Waals surface area (Å²) in [5.74, 6) is 1.14. The van der Waals surface area contributed by atoms with Gasteiger partial charge in [-0.25, -0.2) is 0 Å². The van der Waals surface area contributed by atoms with Crippen LogP contribution in [0.15, 0.2) is 48.1 Å². The molecule has 0 unspecified atom stereocenters. The van der Waals surface area contributed by atoms with E-state index in [0.29, 0.717) is 18.3 Å². The van der Waals surface area contributed by atoms with Crippen LogP contribution in [0.3, 0.4) is 0 Å². The van der Waals surface area contributed by atoms with Crippen molar-refractivity contribution in [1.82, 2.24) is 10.2 Å². The van der Waals surface area contributed by atoms with Gasteiger partial charge >= 0.3 is 0 Å². The fourth-order valence-corrected chi connectivity index (χ4v) is 5.09. The van der Waals surface area contributed by atoms with E-state index in [-0.39, 0.29) is 12.0 Å². The summed E-state index contributed by atoms with van der Waals surface area (Å²) < 4.78 is 0. The Bertz CT molecular complexity index is 727. The highest BCUT2D eigenvalue weighted by molar-refractivity contribution is 5.24. The average molecular weight is 413 g/mol. The van der Waals surface area contributed by atoms with Gasteiger partial charge in [0.1, 0.15) is 0 Å².